The molecule has 0 aliphatic carbocycles. The zero-order valence-corrected chi connectivity index (χ0v) is 16.0. The monoisotopic (exact) mass is 389 g/mol. The summed E-state index contributed by atoms with van der Waals surface area (Å²) >= 11 is 5.35. The topological polar surface area (TPSA) is 27.7 Å². The maximum Gasteiger partial charge on any atom is 0.416 e. The molecule has 1 aromatic carbocycles. The molecule has 0 aromatic heterocycles. The third kappa shape index (κ3) is 6.02. The average molecular weight is 389 g/mol. The van der Waals surface area contributed by atoms with Crippen LogP contribution < -0.4 is 10.1 Å². The molecule has 0 unspecified atom stereocenters. The van der Waals surface area contributed by atoms with Gasteiger partial charge in [0.15, 0.2) is 5.11 Å². The molecular weight excluding hydrogens is 363 g/mol. The highest BCUT2D eigenvalue weighted by molar-refractivity contribution is 7.80. The third-order valence-corrected chi connectivity index (χ3v) is 4.82. The van der Waals surface area contributed by atoms with Crippen molar-refractivity contribution in [2.45, 2.75) is 32.5 Å². The van der Waals surface area contributed by atoms with Crippen molar-refractivity contribution in [1.82, 2.24) is 15.1 Å². The summed E-state index contributed by atoms with van der Waals surface area (Å²) < 4.78 is 43.8. The van der Waals surface area contributed by atoms with Crippen LogP contribution in [-0.4, -0.2) is 60.3 Å². The van der Waals surface area contributed by atoms with Crippen LogP contribution in [0.15, 0.2) is 24.3 Å². The molecule has 8 heteroatoms. The minimum absolute atomic E-state index is 0.145. The van der Waals surface area contributed by atoms with Crippen molar-refractivity contribution >= 4 is 17.3 Å². The fourth-order valence-corrected chi connectivity index (χ4v) is 3.02. The van der Waals surface area contributed by atoms with E-state index in [1.807, 2.05) is 4.90 Å². The third-order valence-electron chi connectivity index (χ3n) is 4.42. The van der Waals surface area contributed by atoms with Gasteiger partial charge < -0.3 is 19.9 Å². The van der Waals surface area contributed by atoms with Crippen molar-refractivity contribution in [3.63, 3.8) is 0 Å². The Balaban J connectivity index is 1.68. The standard InChI is InChI=1S/C18H26F3N3OS/c1-3-23(4-2)10-6-9-22-17(26)24-12-16(13-24)25-15-8-5-7-14(11-15)18(19,20)21/h5,7-8,11,16H,3-4,6,9-10,12-13H2,1-2H3,(H,22,26). The molecule has 0 amide bonds. The molecule has 2 rings (SSSR count). The van der Waals surface area contributed by atoms with Gasteiger partial charge >= 0.3 is 6.18 Å². The normalized spacial score (nSPS) is 15.1. The number of nitrogens with one attached hydrogen (secondary N) is 1. The molecule has 4 nitrogen and oxygen atoms in total. The molecule has 1 saturated heterocycles. The highest BCUT2D eigenvalue weighted by Gasteiger charge is 2.33. The Morgan fingerprint density at radius 2 is 2.00 bits per heavy atom. The Labute approximate surface area is 158 Å². The van der Waals surface area contributed by atoms with E-state index in [0.29, 0.717) is 18.2 Å². The van der Waals surface area contributed by atoms with Crippen molar-refractivity contribution in [2.75, 3.05) is 39.3 Å². The van der Waals surface area contributed by atoms with Crippen molar-refractivity contribution in [3.8, 4) is 5.75 Å². The number of thiocarbonyl (C=S) groups is 1. The first kappa shape index (κ1) is 20.8. The molecule has 146 valence electrons. The molecule has 0 saturated carbocycles. The van der Waals surface area contributed by atoms with E-state index in [4.69, 9.17) is 17.0 Å². The van der Waals surface area contributed by atoms with Crippen LogP contribution in [-0.2, 0) is 6.18 Å². The van der Waals surface area contributed by atoms with Crippen LogP contribution in [0.4, 0.5) is 13.2 Å². The van der Waals surface area contributed by atoms with Crippen LogP contribution in [0.5, 0.6) is 5.75 Å². The van der Waals surface area contributed by atoms with Crippen LogP contribution >= 0.6 is 12.2 Å². The number of ether oxygens (including phenoxy) is 1. The SMILES string of the molecule is CCN(CC)CCCNC(=S)N1CC(Oc2cccc(C(F)(F)F)c2)C1. The van der Waals surface area contributed by atoms with E-state index in [-0.39, 0.29) is 11.9 Å². The molecule has 1 heterocycles. The van der Waals surface area contributed by atoms with Gasteiger partial charge in [0, 0.05) is 6.54 Å². The van der Waals surface area contributed by atoms with Crippen LogP contribution in [0.25, 0.3) is 0 Å². The molecule has 0 atom stereocenters. The molecule has 1 aliphatic heterocycles. The van der Waals surface area contributed by atoms with Crippen molar-refractivity contribution < 1.29 is 17.9 Å². The van der Waals surface area contributed by atoms with Crippen LogP contribution in [0.1, 0.15) is 25.8 Å². The molecule has 0 bridgehead atoms. The first-order valence-electron chi connectivity index (χ1n) is 8.92. The van der Waals surface area contributed by atoms with E-state index < -0.39 is 11.7 Å². The van der Waals surface area contributed by atoms with Gasteiger partial charge in [0.25, 0.3) is 0 Å². The quantitative estimate of drug-likeness (QED) is 0.544. The first-order chi connectivity index (χ1) is 12.3. The zero-order valence-electron chi connectivity index (χ0n) is 15.2. The summed E-state index contributed by atoms with van der Waals surface area (Å²) in [6.45, 7) is 9.38. The Hall–Kier alpha value is -1.54. The van der Waals surface area contributed by atoms with Gasteiger partial charge in [0.1, 0.15) is 11.9 Å². The fraction of sp³-hybridized carbons (Fsp3) is 0.611. The van der Waals surface area contributed by atoms with Crippen LogP contribution in [0.2, 0.25) is 0 Å². The Morgan fingerprint density at radius 1 is 1.31 bits per heavy atom. The molecular formula is C18H26F3N3OS. The first-order valence-corrected chi connectivity index (χ1v) is 9.33. The van der Waals surface area contributed by atoms with Gasteiger partial charge in [-0.1, -0.05) is 19.9 Å². The fourth-order valence-electron chi connectivity index (χ4n) is 2.77. The summed E-state index contributed by atoms with van der Waals surface area (Å²) in [7, 11) is 0. The number of rotatable bonds is 8. The molecule has 1 fully saturated rings. The minimum atomic E-state index is -4.36. The Morgan fingerprint density at radius 3 is 2.62 bits per heavy atom. The van der Waals surface area contributed by atoms with Crippen molar-refractivity contribution in [3.05, 3.63) is 29.8 Å². The summed E-state index contributed by atoms with van der Waals surface area (Å²) in [6, 6.07) is 4.97. The second kappa shape index (κ2) is 9.41. The smallest absolute Gasteiger partial charge is 0.416 e. The molecule has 1 aliphatic rings. The second-order valence-electron chi connectivity index (χ2n) is 6.28. The number of hydrogen-bond acceptors (Lipinski definition) is 3. The Kier molecular flexibility index (Phi) is 7.52. The van der Waals surface area contributed by atoms with E-state index in [1.54, 1.807) is 6.07 Å². The number of benzene rings is 1. The predicted octanol–water partition coefficient (Wildman–Crippen LogP) is 3.37. The van der Waals surface area contributed by atoms with Gasteiger partial charge in [-0.15, -0.1) is 0 Å². The number of nitrogens with zero attached hydrogens (tertiary/aromatic N) is 2. The molecule has 1 N–H and O–H groups in total. The van der Waals surface area contributed by atoms with E-state index in [1.165, 1.54) is 6.07 Å². The summed E-state index contributed by atoms with van der Waals surface area (Å²) in [5.41, 5.74) is -0.698. The maximum absolute atomic E-state index is 12.7. The minimum Gasteiger partial charge on any atom is -0.487 e. The highest BCUT2D eigenvalue weighted by atomic mass is 32.1. The summed E-state index contributed by atoms with van der Waals surface area (Å²) in [6.07, 6.45) is -3.49. The maximum atomic E-state index is 12.7. The van der Waals surface area contributed by atoms with Gasteiger partial charge in [0.05, 0.1) is 18.7 Å². The van der Waals surface area contributed by atoms with Gasteiger partial charge in [-0.05, 0) is 56.5 Å². The van der Waals surface area contributed by atoms with E-state index in [2.05, 4.69) is 24.1 Å². The molecule has 1 aromatic rings. The number of hydrogen-bond donors (Lipinski definition) is 1. The summed E-state index contributed by atoms with van der Waals surface area (Å²) in [4.78, 5) is 4.32. The van der Waals surface area contributed by atoms with E-state index in [0.717, 1.165) is 44.7 Å². The van der Waals surface area contributed by atoms with E-state index >= 15 is 0 Å². The van der Waals surface area contributed by atoms with Gasteiger partial charge in [-0.25, -0.2) is 0 Å². The molecule has 0 radical (unpaired) electrons. The molecule has 0 spiro atoms. The Bertz CT molecular complexity index is 587. The zero-order chi connectivity index (χ0) is 19.2. The molecule has 26 heavy (non-hydrogen) atoms. The lowest BCUT2D eigenvalue weighted by atomic mass is 10.1. The van der Waals surface area contributed by atoms with Crippen LogP contribution in [0.3, 0.4) is 0 Å². The summed E-state index contributed by atoms with van der Waals surface area (Å²) in [5.74, 6) is 0.238. The van der Waals surface area contributed by atoms with Gasteiger partial charge in [0.2, 0.25) is 0 Å². The van der Waals surface area contributed by atoms with Crippen LogP contribution in [0, 0.1) is 0 Å². The summed E-state index contributed by atoms with van der Waals surface area (Å²) in [5, 5.41) is 3.90. The number of halogens is 3. The van der Waals surface area contributed by atoms with Crippen molar-refractivity contribution in [1.29, 1.82) is 0 Å². The lowest BCUT2D eigenvalue weighted by Crippen LogP contribution is -2.58. The average Bonchev–Trinajstić information content (AvgIpc) is 2.57. The van der Waals surface area contributed by atoms with Crippen molar-refractivity contribution in [2.24, 2.45) is 0 Å². The predicted molar refractivity (Wildman–Crippen MR) is 100 cm³/mol. The van der Waals surface area contributed by atoms with E-state index in [9.17, 15) is 13.2 Å². The second-order valence-corrected chi connectivity index (χ2v) is 6.67. The number of alkyl halides is 3. The lowest BCUT2D eigenvalue weighted by molar-refractivity contribution is -0.137. The van der Waals surface area contributed by atoms with Gasteiger partial charge in [-0.3, -0.25) is 0 Å². The lowest BCUT2D eigenvalue weighted by Gasteiger charge is -2.40. The highest BCUT2D eigenvalue weighted by Crippen LogP contribution is 2.31. The largest absolute Gasteiger partial charge is 0.487 e. The number of likely N-dealkylation sites (tertiary alicyclic amines) is 1. The van der Waals surface area contributed by atoms with Gasteiger partial charge in [-0.2, -0.15) is 13.2 Å².